The van der Waals surface area contributed by atoms with Gasteiger partial charge in [-0.15, -0.1) is 0 Å². The summed E-state index contributed by atoms with van der Waals surface area (Å²) in [5, 5.41) is 41.5. The van der Waals surface area contributed by atoms with Gasteiger partial charge in [0.05, 0.1) is 16.5 Å². The van der Waals surface area contributed by atoms with Gasteiger partial charge in [-0.3, -0.25) is 24.6 Å². The van der Waals surface area contributed by atoms with E-state index in [2.05, 4.69) is 4.74 Å². The minimum atomic E-state index is -3.17. The highest BCUT2D eigenvalue weighted by molar-refractivity contribution is 6.51. The van der Waals surface area contributed by atoms with Gasteiger partial charge in [0.25, 0.3) is 17.4 Å². The first-order chi connectivity index (χ1) is 18.0. The fourth-order valence-corrected chi connectivity index (χ4v) is 4.01. The van der Waals surface area contributed by atoms with Crippen LogP contribution >= 0.6 is 0 Å². The topological polar surface area (TPSA) is 168 Å². The summed E-state index contributed by atoms with van der Waals surface area (Å²) >= 11 is 0. The Bertz CT molecular complexity index is 1500. The van der Waals surface area contributed by atoms with Crippen LogP contribution < -0.4 is 9.64 Å². The van der Waals surface area contributed by atoms with Gasteiger partial charge in [-0.25, -0.2) is 4.79 Å². The number of halogens is 2. The van der Waals surface area contributed by atoms with Crippen LogP contribution in [0.3, 0.4) is 0 Å². The van der Waals surface area contributed by atoms with Crippen molar-refractivity contribution in [1.29, 1.82) is 0 Å². The zero-order valence-corrected chi connectivity index (χ0v) is 18.9. The summed E-state index contributed by atoms with van der Waals surface area (Å²) in [4.78, 5) is 49.2. The number of ketones is 1. The third kappa shape index (κ3) is 4.72. The second-order valence-corrected chi connectivity index (χ2v) is 7.93. The van der Waals surface area contributed by atoms with Crippen molar-refractivity contribution in [1.82, 2.24) is 0 Å². The molecule has 11 nitrogen and oxygen atoms in total. The highest BCUT2D eigenvalue weighted by atomic mass is 19.3. The molecule has 0 spiro atoms. The van der Waals surface area contributed by atoms with E-state index in [1.54, 1.807) is 0 Å². The summed E-state index contributed by atoms with van der Waals surface area (Å²) in [6.45, 7) is -3.17. The van der Waals surface area contributed by atoms with Crippen LogP contribution in [0.4, 0.5) is 20.2 Å². The van der Waals surface area contributed by atoms with Crippen LogP contribution in [0.2, 0.25) is 0 Å². The van der Waals surface area contributed by atoms with Crippen molar-refractivity contribution < 1.29 is 48.1 Å². The number of nitrogens with zero attached hydrogens (tertiary/aromatic N) is 2. The number of aromatic hydroxyl groups is 1. The molecule has 3 aromatic carbocycles. The molecule has 38 heavy (non-hydrogen) atoms. The number of carboxylic acid groups (broad SMARTS) is 1. The zero-order valence-electron chi connectivity index (χ0n) is 18.9. The van der Waals surface area contributed by atoms with Crippen molar-refractivity contribution in [2.45, 2.75) is 12.7 Å². The summed E-state index contributed by atoms with van der Waals surface area (Å²) < 4.78 is 29.7. The van der Waals surface area contributed by atoms with Crippen molar-refractivity contribution in [2.24, 2.45) is 0 Å². The van der Waals surface area contributed by atoms with E-state index in [0.717, 1.165) is 35.2 Å². The van der Waals surface area contributed by atoms with Crippen molar-refractivity contribution in [2.75, 3.05) is 4.90 Å². The molecule has 194 valence electrons. The maximum Gasteiger partial charge on any atom is 0.387 e. The Kier molecular flexibility index (Phi) is 6.76. The number of aliphatic hydroxyl groups is 1. The first kappa shape index (κ1) is 25.8. The van der Waals surface area contributed by atoms with Crippen molar-refractivity contribution >= 4 is 34.8 Å². The molecule has 3 N–H and O–H groups in total. The maximum atomic E-state index is 13.2. The van der Waals surface area contributed by atoms with Crippen molar-refractivity contribution in [3.63, 3.8) is 0 Å². The Morgan fingerprint density at radius 3 is 2.32 bits per heavy atom. The number of phenols is 1. The van der Waals surface area contributed by atoms with E-state index in [0.29, 0.717) is 0 Å². The number of nitro benzene ring substituents is 1. The Morgan fingerprint density at radius 1 is 1.03 bits per heavy atom. The van der Waals surface area contributed by atoms with E-state index in [4.69, 9.17) is 0 Å². The minimum absolute atomic E-state index is 0.126. The number of carbonyl (C=O) groups excluding carboxylic acids is 2. The lowest BCUT2D eigenvalue weighted by Crippen LogP contribution is -2.29. The quantitative estimate of drug-likeness (QED) is 0.134. The average Bonchev–Trinajstić information content (AvgIpc) is 3.13. The normalized spacial score (nSPS) is 16.6. The minimum Gasteiger partial charge on any atom is -0.507 e. The smallest absolute Gasteiger partial charge is 0.387 e. The second kappa shape index (κ2) is 9.97. The monoisotopic (exact) mass is 526 g/mol. The van der Waals surface area contributed by atoms with Crippen LogP contribution in [0.25, 0.3) is 5.76 Å². The molecule has 0 radical (unpaired) electrons. The fourth-order valence-electron chi connectivity index (χ4n) is 4.01. The van der Waals surface area contributed by atoms with Gasteiger partial charge in [0, 0.05) is 23.4 Å². The van der Waals surface area contributed by atoms with Crippen LogP contribution in [-0.2, 0) is 9.59 Å². The standard InChI is InChI=1S/C25H16F2N2O9/c26-25(27)38-16-3-1-2-13(10-16)21(31)19-20(12-4-6-14(7-5-12)29(36)37)28(23(33)22(19)32)15-8-9-18(30)17(11-15)24(34)35/h1-11,20,25,30-31H,(H,34,35). The summed E-state index contributed by atoms with van der Waals surface area (Å²) in [6.07, 6.45) is 0. The first-order valence-electron chi connectivity index (χ1n) is 10.7. The van der Waals surface area contributed by atoms with Gasteiger partial charge in [0.15, 0.2) is 0 Å². The Hall–Kier alpha value is -5.33. The molecule has 1 aliphatic heterocycles. The lowest BCUT2D eigenvalue weighted by atomic mass is 9.94. The molecule has 13 heteroatoms. The average molecular weight is 526 g/mol. The molecule has 1 saturated heterocycles. The zero-order chi connectivity index (χ0) is 27.7. The van der Waals surface area contributed by atoms with Crippen molar-refractivity contribution in [3.05, 3.63) is 99.1 Å². The largest absolute Gasteiger partial charge is 0.507 e. The summed E-state index contributed by atoms with van der Waals surface area (Å²) in [7, 11) is 0. The fraction of sp³-hybridized carbons (Fsp3) is 0.0800. The van der Waals surface area contributed by atoms with Crippen LogP contribution in [0.5, 0.6) is 11.5 Å². The number of hydrogen-bond donors (Lipinski definition) is 3. The lowest BCUT2D eigenvalue weighted by Gasteiger charge is -2.25. The van der Waals surface area contributed by atoms with Gasteiger partial charge in [-0.05, 0) is 48.0 Å². The van der Waals surface area contributed by atoms with Crippen LogP contribution in [-0.4, -0.2) is 44.5 Å². The molecule has 4 rings (SSSR count). The predicted molar refractivity (Wildman–Crippen MR) is 126 cm³/mol. The number of hydrogen-bond acceptors (Lipinski definition) is 8. The highest BCUT2D eigenvalue weighted by Crippen LogP contribution is 2.43. The van der Waals surface area contributed by atoms with Gasteiger partial charge in [-0.1, -0.05) is 12.1 Å². The van der Waals surface area contributed by atoms with Crippen LogP contribution in [0.15, 0.2) is 72.3 Å². The number of aliphatic hydroxyl groups excluding tert-OH is 1. The van der Waals surface area contributed by atoms with E-state index in [1.165, 1.54) is 36.4 Å². The van der Waals surface area contributed by atoms with Gasteiger partial charge >= 0.3 is 12.6 Å². The Morgan fingerprint density at radius 2 is 1.71 bits per heavy atom. The van der Waals surface area contributed by atoms with Crippen LogP contribution in [0.1, 0.15) is 27.5 Å². The molecule has 0 aromatic heterocycles. The van der Waals surface area contributed by atoms with E-state index in [-0.39, 0.29) is 28.3 Å². The molecule has 3 aromatic rings. The Labute approximate surface area is 211 Å². The highest BCUT2D eigenvalue weighted by Gasteiger charge is 2.47. The number of benzene rings is 3. The number of carboxylic acids is 1. The summed E-state index contributed by atoms with van der Waals surface area (Å²) in [6, 6.07) is 11.1. The molecule has 1 aliphatic rings. The molecule has 1 heterocycles. The molecule has 1 atom stereocenters. The molecule has 1 fully saturated rings. The van der Waals surface area contributed by atoms with Gasteiger partial charge in [0.1, 0.15) is 22.8 Å². The first-order valence-corrected chi connectivity index (χ1v) is 10.7. The Balaban J connectivity index is 1.94. The molecule has 1 amide bonds. The number of carbonyl (C=O) groups is 3. The van der Waals surface area contributed by atoms with E-state index in [1.807, 2.05) is 0 Å². The van der Waals surface area contributed by atoms with E-state index < -0.39 is 57.9 Å². The molecule has 0 saturated carbocycles. The molecular weight excluding hydrogens is 510 g/mol. The summed E-state index contributed by atoms with van der Waals surface area (Å²) in [5.41, 5.74) is -1.54. The second-order valence-electron chi connectivity index (χ2n) is 7.93. The number of nitro groups is 1. The maximum absolute atomic E-state index is 13.2. The molecule has 0 aliphatic carbocycles. The van der Waals surface area contributed by atoms with Crippen molar-refractivity contribution in [3.8, 4) is 11.5 Å². The predicted octanol–water partition coefficient (Wildman–Crippen LogP) is 4.23. The van der Waals surface area contributed by atoms with E-state index in [9.17, 15) is 48.6 Å². The molecular formula is C25H16F2N2O9. The third-order valence-electron chi connectivity index (χ3n) is 5.69. The number of Topliss-reactive ketones (excluding diaryl/α,β-unsaturated/α-hetero) is 1. The number of ether oxygens (including phenoxy) is 1. The molecule has 1 unspecified atom stereocenters. The summed E-state index contributed by atoms with van der Waals surface area (Å²) in [5.74, 6) is -5.61. The SMILES string of the molecule is O=C1C(=O)N(c2ccc(O)c(C(=O)O)c2)C(c2ccc([N+](=O)[O-])cc2)C1=C(O)c1cccc(OC(F)F)c1. The van der Waals surface area contributed by atoms with Crippen LogP contribution in [0, 0.1) is 10.1 Å². The number of rotatable bonds is 7. The number of amides is 1. The van der Waals surface area contributed by atoms with E-state index >= 15 is 0 Å². The number of non-ortho nitro benzene ring substituents is 1. The third-order valence-corrected chi connectivity index (χ3v) is 5.69. The number of alkyl halides is 2. The lowest BCUT2D eigenvalue weighted by molar-refractivity contribution is -0.384. The van der Waals surface area contributed by atoms with Gasteiger partial charge < -0.3 is 20.1 Å². The van der Waals surface area contributed by atoms with Gasteiger partial charge in [0.2, 0.25) is 0 Å². The molecule has 0 bridgehead atoms. The number of anilines is 1. The number of aromatic carboxylic acids is 1. The van der Waals surface area contributed by atoms with Gasteiger partial charge in [-0.2, -0.15) is 8.78 Å².